The maximum absolute atomic E-state index is 4.17. The lowest BCUT2D eigenvalue weighted by Crippen LogP contribution is -2.59. The molecule has 84 valence electrons. The lowest BCUT2D eigenvalue weighted by molar-refractivity contribution is -0.00580. The van der Waals surface area contributed by atoms with Crippen molar-refractivity contribution in [1.82, 2.24) is 10.3 Å². The molecule has 1 atom stereocenters. The summed E-state index contributed by atoms with van der Waals surface area (Å²) in [6, 6.07) is 4.81. The number of nitrogens with zero attached hydrogens (tertiary/aromatic N) is 1. The average Bonchev–Trinajstić information content (AvgIpc) is 2.01. The zero-order valence-corrected chi connectivity index (χ0v) is 10.1. The molecule has 0 aromatic carbocycles. The topological polar surface area (TPSA) is 24.9 Å². The van der Waals surface area contributed by atoms with Crippen molar-refractivity contribution in [3.63, 3.8) is 0 Å². The molecular weight excluding hydrogens is 231 g/mol. The summed E-state index contributed by atoms with van der Waals surface area (Å²) >= 11 is 0. The van der Waals surface area contributed by atoms with E-state index < -0.39 is 0 Å². The molecule has 1 saturated heterocycles. The maximum atomic E-state index is 4.17. The fraction of sp³-hybridized carbons (Fsp3) is 0.545. The largest absolute Gasteiger partial charge is 0.309 e. The summed E-state index contributed by atoms with van der Waals surface area (Å²) in [6.07, 6.45) is 8.06. The van der Waals surface area contributed by atoms with E-state index in [-0.39, 0.29) is 24.8 Å². The van der Waals surface area contributed by atoms with Gasteiger partial charge in [-0.3, -0.25) is 4.98 Å². The van der Waals surface area contributed by atoms with Crippen LogP contribution in [0.4, 0.5) is 0 Å². The van der Waals surface area contributed by atoms with E-state index in [2.05, 4.69) is 16.4 Å². The molecule has 1 N–H and O–H groups in total. The number of rotatable bonds is 1. The molecule has 1 aromatic rings. The summed E-state index contributed by atoms with van der Waals surface area (Å²) in [5.41, 5.74) is 1.98. The smallest absolute Gasteiger partial charge is 0.0404 e. The zero-order valence-electron chi connectivity index (χ0n) is 8.48. The van der Waals surface area contributed by atoms with Gasteiger partial charge in [-0.15, -0.1) is 24.8 Å². The molecule has 3 rings (SSSR count). The van der Waals surface area contributed by atoms with Gasteiger partial charge in [-0.2, -0.15) is 0 Å². The molecule has 2 nitrogen and oxygen atoms in total. The minimum Gasteiger partial charge on any atom is -0.309 e. The third-order valence-electron chi connectivity index (χ3n) is 3.64. The monoisotopic (exact) mass is 246 g/mol. The fourth-order valence-corrected chi connectivity index (χ4v) is 2.61. The molecule has 2 heterocycles. The van der Waals surface area contributed by atoms with Gasteiger partial charge in [-0.05, 0) is 24.5 Å². The highest BCUT2D eigenvalue weighted by molar-refractivity contribution is 5.85. The molecule has 4 heteroatoms. The molecule has 1 aromatic heterocycles. The molecule has 0 radical (unpaired) electrons. The molecule has 1 saturated carbocycles. The van der Waals surface area contributed by atoms with Crippen LogP contribution in [0.1, 0.15) is 30.9 Å². The highest BCUT2D eigenvalue weighted by atomic mass is 35.5. The molecule has 1 aliphatic carbocycles. The molecule has 1 unspecified atom stereocenters. The minimum absolute atomic E-state index is 0. The van der Waals surface area contributed by atoms with Gasteiger partial charge >= 0.3 is 0 Å². The predicted octanol–water partition coefficient (Wildman–Crippen LogP) is 2.74. The van der Waals surface area contributed by atoms with Gasteiger partial charge in [0.2, 0.25) is 0 Å². The Hall–Kier alpha value is -0.310. The normalized spacial score (nSPS) is 25.5. The first-order chi connectivity index (χ1) is 6.41. The van der Waals surface area contributed by atoms with Gasteiger partial charge in [0.25, 0.3) is 0 Å². The summed E-state index contributed by atoms with van der Waals surface area (Å²) in [7, 11) is 0. The van der Waals surface area contributed by atoms with E-state index in [1.165, 1.54) is 31.4 Å². The number of aromatic nitrogens is 1. The first-order valence-corrected chi connectivity index (χ1v) is 5.04. The number of nitrogens with one attached hydrogen (secondary N) is 1. The highest BCUT2D eigenvalue weighted by Gasteiger charge is 2.51. The molecule has 0 bridgehead atoms. The van der Waals surface area contributed by atoms with Crippen molar-refractivity contribution in [2.45, 2.75) is 25.3 Å². The van der Waals surface area contributed by atoms with Crippen LogP contribution in [-0.4, -0.2) is 11.5 Å². The van der Waals surface area contributed by atoms with Gasteiger partial charge in [0.15, 0.2) is 0 Å². The zero-order chi connectivity index (χ0) is 8.73. The van der Waals surface area contributed by atoms with E-state index in [0.29, 0.717) is 11.5 Å². The molecule has 2 aliphatic rings. The lowest BCUT2D eigenvalue weighted by Gasteiger charge is -2.56. The van der Waals surface area contributed by atoms with E-state index in [9.17, 15) is 0 Å². The van der Waals surface area contributed by atoms with Crippen LogP contribution in [0.25, 0.3) is 0 Å². The first-order valence-electron chi connectivity index (χ1n) is 5.04. The summed E-state index contributed by atoms with van der Waals surface area (Å²) in [5, 5.41) is 3.51. The molecular formula is C11H16Cl2N2. The number of hydrogen-bond donors (Lipinski definition) is 1. The summed E-state index contributed by atoms with van der Waals surface area (Å²) in [5.74, 6) is 0. The number of halogens is 2. The van der Waals surface area contributed by atoms with Crippen molar-refractivity contribution in [3.8, 4) is 0 Å². The fourth-order valence-electron chi connectivity index (χ4n) is 2.61. The SMILES string of the molecule is Cl.Cl.c1cncc(C2NCC23CCC3)c1. The van der Waals surface area contributed by atoms with Gasteiger partial charge < -0.3 is 5.32 Å². The standard InChI is InChI=1S/C11H14N2.2ClH/c1-3-9(7-12-6-1)10-11(8-13-10)4-2-5-11;;/h1,3,6-7,10,13H,2,4-5,8H2;2*1H. The van der Waals surface area contributed by atoms with Crippen molar-refractivity contribution in [2.75, 3.05) is 6.54 Å². The van der Waals surface area contributed by atoms with Crippen LogP contribution < -0.4 is 5.32 Å². The van der Waals surface area contributed by atoms with Crippen LogP contribution in [0.5, 0.6) is 0 Å². The Kier molecular flexibility index (Phi) is 3.99. The van der Waals surface area contributed by atoms with Gasteiger partial charge in [0.1, 0.15) is 0 Å². The van der Waals surface area contributed by atoms with E-state index in [1.807, 2.05) is 18.5 Å². The Bertz CT molecular complexity index is 306. The maximum Gasteiger partial charge on any atom is 0.0404 e. The van der Waals surface area contributed by atoms with Crippen molar-refractivity contribution in [2.24, 2.45) is 5.41 Å². The lowest BCUT2D eigenvalue weighted by atomic mass is 9.58. The molecule has 1 spiro atoms. The van der Waals surface area contributed by atoms with Crippen LogP contribution in [0, 0.1) is 5.41 Å². The Morgan fingerprint density at radius 1 is 1.33 bits per heavy atom. The Balaban J connectivity index is 0.000000562. The van der Waals surface area contributed by atoms with Gasteiger partial charge in [0.05, 0.1) is 0 Å². The van der Waals surface area contributed by atoms with Crippen molar-refractivity contribution in [1.29, 1.82) is 0 Å². The third-order valence-corrected chi connectivity index (χ3v) is 3.64. The molecule has 15 heavy (non-hydrogen) atoms. The van der Waals surface area contributed by atoms with Crippen molar-refractivity contribution < 1.29 is 0 Å². The predicted molar refractivity (Wildman–Crippen MR) is 65.8 cm³/mol. The van der Waals surface area contributed by atoms with E-state index in [1.54, 1.807) is 0 Å². The molecule has 0 amide bonds. The van der Waals surface area contributed by atoms with Crippen LogP contribution in [0.15, 0.2) is 24.5 Å². The van der Waals surface area contributed by atoms with Crippen LogP contribution >= 0.6 is 24.8 Å². The summed E-state index contributed by atoms with van der Waals surface area (Å²) in [6.45, 7) is 1.21. The first kappa shape index (κ1) is 12.8. The van der Waals surface area contributed by atoms with E-state index in [0.717, 1.165) is 0 Å². The summed E-state index contributed by atoms with van der Waals surface area (Å²) < 4.78 is 0. The number of pyridine rings is 1. The van der Waals surface area contributed by atoms with Crippen LogP contribution in [-0.2, 0) is 0 Å². The van der Waals surface area contributed by atoms with Crippen molar-refractivity contribution >= 4 is 24.8 Å². The van der Waals surface area contributed by atoms with Crippen LogP contribution in [0.2, 0.25) is 0 Å². The van der Waals surface area contributed by atoms with Gasteiger partial charge in [0, 0.05) is 30.4 Å². The average molecular weight is 247 g/mol. The third kappa shape index (κ3) is 1.86. The Labute approximate surface area is 103 Å². The van der Waals surface area contributed by atoms with Gasteiger partial charge in [-0.25, -0.2) is 0 Å². The Morgan fingerprint density at radius 2 is 2.13 bits per heavy atom. The van der Waals surface area contributed by atoms with Crippen molar-refractivity contribution in [3.05, 3.63) is 30.1 Å². The minimum atomic E-state index is 0. The highest BCUT2D eigenvalue weighted by Crippen LogP contribution is 2.54. The van der Waals surface area contributed by atoms with Gasteiger partial charge in [-0.1, -0.05) is 12.5 Å². The second-order valence-corrected chi connectivity index (χ2v) is 4.32. The van der Waals surface area contributed by atoms with E-state index in [4.69, 9.17) is 0 Å². The molecule has 1 aliphatic heterocycles. The van der Waals surface area contributed by atoms with Crippen LogP contribution in [0.3, 0.4) is 0 Å². The second-order valence-electron chi connectivity index (χ2n) is 4.32. The summed E-state index contributed by atoms with van der Waals surface area (Å²) in [4.78, 5) is 4.17. The second kappa shape index (κ2) is 4.69. The number of hydrogen-bond acceptors (Lipinski definition) is 2. The molecule has 2 fully saturated rings. The Morgan fingerprint density at radius 3 is 2.53 bits per heavy atom. The quantitative estimate of drug-likeness (QED) is 0.825. The van der Waals surface area contributed by atoms with E-state index >= 15 is 0 Å².